The summed E-state index contributed by atoms with van der Waals surface area (Å²) in [6, 6.07) is 8.94. The zero-order valence-electron chi connectivity index (χ0n) is 15.9. The number of halogens is 1. The number of guanidine groups is 1. The van der Waals surface area contributed by atoms with E-state index in [1.165, 1.54) is 0 Å². The number of aliphatic imine (C=N–C) groups is 1. The van der Waals surface area contributed by atoms with E-state index in [9.17, 15) is 8.42 Å². The first kappa shape index (κ1) is 22.7. The van der Waals surface area contributed by atoms with Crippen molar-refractivity contribution >= 4 is 40.0 Å². The number of furan rings is 1. The maximum atomic E-state index is 12.7. The first-order valence-corrected chi connectivity index (χ1v) is 10.6. The predicted molar refractivity (Wildman–Crippen MR) is 120 cm³/mol. The fraction of sp³-hybridized carbons (Fsp3) is 0.421. The molecule has 7 nitrogen and oxygen atoms in total. The highest BCUT2D eigenvalue weighted by Crippen LogP contribution is 2.20. The molecule has 1 aliphatic heterocycles. The monoisotopic (exact) mass is 518 g/mol. The van der Waals surface area contributed by atoms with Crippen LogP contribution in [0.2, 0.25) is 0 Å². The Balaban J connectivity index is 0.00000280. The van der Waals surface area contributed by atoms with Gasteiger partial charge in [0.25, 0.3) is 0 Å². The van der Waals surface area contributed by atoms with Gasteiger partial charge in [-0.2, -0.15) is 4.31 Å². The van der Waals surface area contributed by atoms with Gasteiger partial charge in [-0.05, 0) is 36.6 Å². The number of hydrogen-bond donors (Lipinski definition) is 2. The topological polar surface area (TPSA) is 86.9 Å². The van der Waals surface area contributed by atoms with E-state index in [4.69, 9.17) is 4.42 Å². The average molecular weight is 518 g/mol. The van der Waals surface area contributed by atoms with Gasteiger partial charge in [0.2, 0.25) is 10.0 Å². The second-order valence-electron chi connectivity index (χ2n) is 6.52. The van der Waals surface area contributed by atoms with Crippen molar-refractivity contribution in [1.29, 1.82) is 0 Å². The Labute approximate surface area is 183 Å². The number of piperidine rings is 1. The van der Waals surface area contributed by atoms with Crippen LogP contribution in [-0.2, 0) is 23.1 Å². The molecule has 0 unspecified atom stereocenters. The van der Waals surface area contributed by atoms with Crippen LogP contribution in [0.4, 0.5) is 0 Å². The number of hydrogen-bond acceptors (Lipinski definition) is 4. The maximum absolute atomic E-state index is 12.7. The molecule has 2 aromatic rings. The number of rotatable bonds is 6. The lowest BCUT2D eigenvalue weighted by atomic mass is 10.2. The van der Waals surface area contributed by atoms with Crippen LogP contribution in [0.1, 0.15) is 30.4 Å². The van der Waals surface area contributed by atoms with Crippen molar-refractivity contribution in [3.8, 4) is 0 Å². The second kappa shape index (κ2) is 10.8. The number of benzene rings is 1. The molecule has 154 valence electrons. The summed E-state index contributed by atoms with van der Waals surface area (Å²) < 4.78 is 32.0. The minimum atomic E-state index is -3.38. The summed E-state index contributed by atoms with van der Waals surface area (Å²) in [6.45, 7) is 2.40. The molecule has 1 aromatic heterocycles. The molecule has 0 amide bonds. The number of nitrogens with zero attached hydrogens (tertiary/aromatic N) is 2. The molecular formula is C19H27IN4O3S. The Kier molecular flexibility index (Phi) is 8.77. The molecule has 28 heavy (non-hydrogen) atoms. The van der Waals surface area contributed by atoms with Crippen LogP contribution in [0.25, 0.3) is 0 Å². The van der Waals surface area contributed by atoms with Gasteiger partial charge >= 0.3 is 0 Å². The molecule has 0 radical (unpaired) electrons. The summed E-state index contributed by atoms with van der Waals surface area (Å²) in [5.74, 6) is 0.668. The van der Waals surface area contributed by atoms with Gasteiger partial charge in [0.05, 0.1) is 17.4 Å². The fourth-order valence-corrected chi connectivity index (χ4v) is 4.54. The quantitative estimate of drug-likeness (QED) is 0.349. The van der Waals surface area contributed by atoms with Crippen LogP contribution in [0.3, 0.4) is 0 Å². The minimum Gasteiger partial charge on any atom is -0.472 e. The van der Waals surface area contributed by atoms with E-state index in [0.29, 0.717) is 37.0 Å². The summed E-state index contributed by atoms with van der Waals surface area (Å²) >= 11 is 0. The van der Waals surface area contributed by atoms with E-state index in [1.807, 2.05) is 18.2 Å². The lowest BCUT2D eigenvalue weighted by Gasteiger charge is -2.25. The molecular weight excluding hydrogens is 491 g/mol. The SMILES string of the molecule is CN=C(NCc1ccc(S(=O)(=O)N2CCCCC2)cc1)NCc1ccoc1.I. The highest BCUT2D eigenvalue weighted by Gasteiger charge is 2.25. The van der Waals surface area contributed by atoms with Crippen molar-refractivity contribution in [3.63, 3.8) is 0 Å². The Bertz CT molecular complexity index is 846. The number of sulfonamides is 1. The van der Waals surface area contributed by atoms with E-state index < -0.39 is 10.0 Å². The van der Waals surface area contributed by atoms with Gasteiger partial charge in [0, 0.05) is 38.8 Å². The first-order chi connectivity index (χ1) is 13.1. The minimum absolute atomic E-state index is 0. The largest absolute Gasteiger partial charge is 0.472 e. The van der Waals surface area contributed by atoms with Crippen molar-refractivity contribution in [3.05, 3.63) is 54.0 Å². The van der Waals surface area contributed by atoms with Crippen molar-refractivity contribution in [2.24, 2.45) is 4.99 Å². The predicted octanol–water partition coefficient (Wildman–Crippen LogP) is 2.94. The van der Waals surface area contributed by atoms with Crippen LogP contribution in [0.15, 0.2) is 57.2 Å². The van der Waals surface area contributed by atoms with Crippen molar-refractivity contribution in [1.82, 2.24) is 14.9 Å². The van der Waals surface area contributed by atoms with Gasteiger partial charge in [0.15, 0.2) is 5.96 Å². The molecule has 1 aromatic carbocycles. The summed E-state index contributed by atoms with van der Waals surface area (Å²) in [7, 11) is -1.67. The smallest absolute Gasteiger partial charge is 0.243 e. The molecule has 2 N–H and O–H groups in total. The number of nitrogens with one attached hydrogen (secondary N) is 2. The standard InChI is InChI=1S/C19H26N4O3S.HI/c1-20-19(22-14-17-9-12-26-15-17)21-13-16-5-7-18(8-6-16)27(24,25)23-10-3-2-4-11-23;/h5-9,12,15H,2-4,10-11,13-14H2,1H3,(H2,20,21,22);1H. The van der Waals surface area contributed by atoms with Crippen LogP contribution in [0, 0.1) is 0 Å². The third-order valence-electron chi connectivity index (χ3n) is 4.60. The van der Waals surface area contributed by atoms with Crippen LogP contribution >= 0.6 is 24.0 Å². The molecule has 0 atom stereocenters. The van der Waals surface area contributed by atoms with Crippen LogP contribution in [-0.4, -0.2) is 38.8 Å². The van der Waals surface area contributed by atoms with Gasteiger partial charge in [-0.25, -0.2) is 8.42 Å². The molecule has 9 heteroatoms. The van der Waals surface area contributed by atoms with Gasteiger partial charge < -0.3 is 15.1 Å². The molecule has 0 aliphatic carbocycles. The van der Waals surface area contributed by atoms with E-state index in [2.05, 4.69) is 15.6 Å². The highest BCUT2D eigenvalue weighted by molar-refractivity contribution is 14.0. The summed E-state index contributed by atoms with van der Waals surface area (Å²) in [6.07, 6.45) is 6.29. The Morgan fingerprint density at radius 1 is 1.04 bits per heavy atom. The van der Waals surface area contributed by atoms with Crippen molar-refractivity contribution in [2.45, 2.75) is 37.2 Å². The van der Waals surface area contributed by atoms with E-state index in [1.54, 1.807) is 36.0 Å². The molecule has 0 spiro atoms. The van der Waals surface area contributed by atoms with Crippen LogP contribution in [0.5, 0.6) is 0 Å². The molecule has 0 bridgehead atoms. The van der Waals surface area contributed by atoms with Gasteiger partial charge in [-0.3, -0.25) is 4.99 Å². The molecule has 3 rings (SSSR count). The molecule has 2 heterocycles. The maximum Gasteiger partial charge on any atom is 0.243 e. The van der Waals surface area contributed by atoms with Gasteiger partial charge in [0.1, 0.15) is 0 Å². The summed E-state index contributed by atoms with van der Waals surface area (Å²) in [4.78, 5) is 4.54. The Morgan fingerprint density at radius 2 is 1.68 bits per heavy atom. The summed E-state index contributed by atoms with van der Waals surface area (Å²) in [5, 5.41) is 6.42. The zero-order chi connectivity index (χ0) is 19.1. The first-order valence-electron chi connectivity index (χ1n) is 9.14. The van der Waals surface area contributed by atoms with Crippen LogP contribution < -0.4 is 10.6 Å². The highest BCUT2D eigenvalue weighted by atomic mass is 127. The van der Waals surface area contributed by atoms with Gasteiger partial charge in [-0.1, -0.05) is 18.6 Å². The molecule has 1 saturated heterocycles. The lowest BCUT2D eigenvalue weighted by Crippen LogP contribution is -2.36. The van der Waals surface area contributed by atoms with Gasteiger partial charge in [-0.15, -0.1) is 24.0 Å². The summed E-state index contributed by atoms with van der Waals surface area (Å²) in [5.41, 5.74) is 2.02. The second-order valence-corrected chi connectivity index (χ2v) is 8.46. The van der Waals surface area contributed by atoms with E-state index >= 15 is 0 Å². The normalized spacial score (nSPS) is 15.7. The van der Waals surface area contributed by atoms with E-state index in [0.717, 1.165) is 30.4 Å². The van der Waals surface area contributed by atoms with E-state index in [-0.39, 0.29) is 24.0 Å². The van der Waals surface area contributed by atoms with Crippen molar-refractivity contribution < 1.29 is 12.8 Å². The third-order valence-corrected chi connectivity index (χ3v) is 6.51. The Hall–Kier alpha value is -1.59. The molecule has 1 fully saturated rings. The average Bonchev–Trinajstić information content (AvgIpc) is 3.23. The Morgan fingerprint density at radius 3 is 2.25 bits per heavy atom. The molecule has 1 aliphatic rings. The zero-order valence-corrected chi connectivity index (χ0v) is 19.1. The third kappa shape index (κ3) is 5.95. The lowest BCUT2D eigenvalue weighted by molar-refractivity contribution is 0.346. The molecule has 0 saturated carbocycles. The van der Waals surface area contributed by atoms with Crippen molar-refractivity contribution in [2.75, 3.05) is 20.1 Å². The fourth-order valence-electron chi connectivity index (χ4n) is 3.02.